The molecule has 0 saturated heterocycles. The lowest BCUT2D eigenvalue weighted by Crippen LogP contribution is -2.15. The first kappa shape index (κ1) is 19.3. The van der Waals surface area contributed by atoms with E-state index < -0.39 is 0 Å². The van der Waals surface area contributed by atoms with Crippen LogP contribution < -0.4 is 15.4 Å². The second-order valence-electron chi connectivity index (χ2n) is 5.95. The van der Waals surface area contributed by atoms with Crippen molar-refractivity contribution >= 4 is 17.5 Å². The van der Waals surface area contributed by atoms with Gasteiger partial charge in [0.25, 0.3) is 5.91 Å². The zero-order chi connectivity index (χ0) is 19.8. The van der Waals surface area contributed by atoms with Crippen molar-refractivity contribution in [2.75, 3.05) is 23.8 Å². The SMILES string of the molecule is CCOc1ccccc1NC(=O)c1cnc(NCCc2ccccc2F)nc1. The summed E-state index contributed by atoms with van der Waals surface area (Å²) in [6.07, 6.45) is 3.39. The molecule has 0 radical (unpaired) electrons. The monoisotopic (exact) mass is 380 g/mol. The van der Waals surface area contributed by atoms with Crippen molar-refractivity contribution in [1.82, 2.24) is 9.97 Å². The van der Waals surface area contributed by atoms with Gasteiger partial charge >= 0.3 is 0 Å². The third-order valence-electron chi connectivity index (χ3n) is 3.98. The Morgan fingerprint density at radius 2 is 1.79 bits per heavy atom. The number of halogens is 1. The number of hydrogen-bond donors (Lipinski definition) is 2. The van der Waals surface area contributed by atoms with Crippen LogP contribution in [-0.2, 0) is 6.42 Å². The van der Waals surface area contributed by atoms with Crippen LogP contribution in [0.3, 0.4) is 0 Å². The second-order valence-corrected chi connectivity index (χ2v) is 5.95. The van der Waals surface area contributed by atoms with Gasteiger partial charge in [-0.15, -0.1) is 0 Å². The molecule has 0 fully saturated rings. The molecule has 3 aromatic rings. The van der Waals surface area contributed by atoms with Crippen LogP contribution in [-0.4, -0.2) is 29.0 Å². The smallest absolute Gasteiger partial charge is 0.258 e. The maximum absolute atomic E-state index is 13.6. The number of nitrogens with one attached hydrogen (secondary N) is 2. The Bertz CT molecular complexity index is 932. The summed E-state index contributed by atoms with van der Waals surface area (Å²) in [7, 11) is 0. The largest absolute Gasteiger partial charge is 0.492 e. The van der Waals surface area contributed by atoms with E-state index in [9.17, 15) is 9.18 Å². The minimum absolute atomic E-state index is 0.232. The van der Waals surface area contributed by atoms with Crippen molar-refractivity contribution in [2.24, 2.45) is 0 Å². The highest BCUT2D eigenvalue weighted by Gasteiger charge is 2.11. The first-order valence-electron chi connectivity index (χ1n) is 9.00. The van der Waals surface area contributed by atoms with E-state index in [-0.39, 0.29) is 11.7 Å². The number of amides is 1. The number of anilines is 2. The van der Waals surface area contributed by atoms with E-state index in [1.54, 1.807) is 30.3 Å². The summed E-state index contributed by atoms with van der Waals surface area (Å²) in [5.74, 6) is 0.419. The van der Waals surface area contributed by atoms with Gasteiger partial charge in [-0.25, -0.2) is 14.4 Å². The van der Waals surface area contributed by atoms with E-state index in [4.69, 9.17) is 4.74 Å². The fraction of sp³-hybridized carbons (Fsp3) is 0.190. The normalized spacial score (nSPS) is 10.4. The Balaban J connectivity index is 1.56. The average molecular weight is 380 g/mol. The molecule has 2 N–H and O–H groups in total. The Morgan fingerprint density at radius 3 is 2.54 bits per heavy atom. The first-order valence-corrected chi connectivity index (χ1v) is 9.00. The number of para-hydroxylation sites is 2. The van der Waals surface area contributed by atoms with E-state index in [0.29, 0.717) is 48.1 Å². The van der Waals surface area contributed by atoms with Gasteiger partial charge in [-0.2, -0.15) is 0 Å². The van der Waals surface area contributed by atoms with Crippen LogP contribution in [0, 0.1) is 5.82 Å². The Hall–Kier alpha value is -3.48. The van der Waals surface area contributed by atoms with E-state index in [0.717, 1.165) is 0 Å². The number of nitrogens with zero attached hydrogens (tertiary/aromatic N) is 2. The number of carbonyl (C=O) groups excluding carboxylic acids is 1. The minimum Gasteiger partial charge on any atom is -0.492 e. The summed E-state index contributed by atoms with van der Waals surface area (Å²) < 4.78 is 19.1. The molecule has 0 unspecified atom stereocenters. The molecular formula is C21H21FN4O2. The Morgan fingerprint density at radius 1 is 1.07 bits per heavy atom. The van der Waals surface area contributed by atoms with Gasteiger partial charge in [0.05, 0.1) is 17.9 Å². The van der Waals surface area contributed by atoms with Gasteiger partial charge in [0.1, 0.15) is 11.6 Å². The first-order chi connectivity index (χ1) is 13.7. The van der Waals surface area contributed by atoms with Gasteiger partial charge in [0.2, 0.25) is 5.95 Å². The van der Waals surface area contributed by atoms with E-state index >= 15 is 0 Å². The van der Waals surface area contributed by atoms with Crippen LogP contribution in [0.25, 0.3) is 0 Å². The second kappa shape index (κ2) is 9.45. The molecule has 28 heavy (non-hydrogen) atoms. The van der Waals surface area contributed by atoms with Crippen LogP contribution in [0.15, 0.2) is 60.9 Å². The van der Waals surface area contributed by atoms with Crippen LogP contribution >= 0.6 is 0 Å². The third kappa shape index (κ3) is 5.03. The summed E-state index contributed by atoms with van der Waals surface area (Å²) in [6.45, 7) is 2.86. The maximum Gasteiger partial charge on any atom is 0.258 e. The van der Waals surface area contributed by atoms with Gasteiger partial charge < -0.3 is 15.4 Å². The number of hydrogen-bond acceptors (Lipinski definition) is 5. The highest BCUT2D eigenvalue weighted by molar-refractivity contribution is 6.04. The summed E-state index contributed by atoms with van der Waals surface area (Å²) in [5, 5.41) is 5.82. The molecule has 0 aliphatic carbocycles. The molecule has 2 aromatic carbocycles. The third-order valence-corrected chi connectivity index (χ3v) is 3.98. The zero-order valence-corrected chi connectivity index (χ0v) is 15.5. The fourth-order valence-electron chi connectivity index (χ4n) is 2.59. The highest BCUT2D eigenvalue weighted by Crippen LogP contribution is 2.24. The molecule has 0 aliphatic heterocycles. The highest BCUT2D eigenvalue weighted by atomic mass is 19.1. The molecule has 7 heteroatoms. The lowest BCUT2D eigenvalue weighted by molar-refractivity contribution is 0.102. The van der Waals surface area contributed by atoms with Crippen molar-refractivity contribution in [1.29, 1.82) is 0 Å². The van der Waals surface area contributed by atoms with E-state index in [1.807, 2.05) is 19.1 Å². The minimum atomic E-state index is -0.329. The van der Waals surface area contributed by atoms with Crippen LogP contribution in [0.4, 0.5) is 16.0 Å². The number of carbonyl (C=O) groups is 1. The standard InChI is InChI=1S/C21H21FN4O2/c1-2-28-19-10-6-5-9-18(19)26-20(27)16-13-24-21(25-14-16)23-12-11-15-7-3-4-8-17(15)22/h3-10,13-14H,2,11-12H2,1H3,(H,26,27)(H,23,24,25). The van der Waals surface area contributed by atoms with Crippen LogP contribution in [0.5, 0.6) is 5.75 Å². The fourth-order valence-corrected chi connectivity index (χ4v) is 2.59. The lowest BCUT2D eigenvalue weighted by Gasteiger charge is -2.11. The topological polar surface area (TPSA) is 76.1 Å². The van der Waals surface area contributed by atoms with Gasteiger partial charge in [-0.05, 0) is 37.1 Å². The van der Waals surface area contributed by atoms with Crippen molar-refractivity contribution in [3.8, 4) is 5.75 Å². The molecule has 0 atom stereocenters. The van der Waals surface area contributed by atoms with Crippen LogP contribution in [0.1, 0.15) is 22.8 Å². The maximum atomic E-state index is 13.6. The van der Waals surface area contributed by atoms with Gasteiger partial charge in [0.15, 0.2) is 0 Å². The molecule has 1 amide bonds. The average Bonchev–Trinajstić information content (AvgIpc) is 2.71. The molecular weight excluding hydrogens is 359 g/mol. The predicted octanol–water partition coefficient (Wildman–Crippen LogP) is 3.92. The molecule has 0 spiro atoms. The van der Waals surface area contributed by atoms with Gasteiger partial charge in [-0.3, -0.25) is 4.79 Å². The van der Waals surface area contributed by atoms with Crippen molar-refractivity contribution in [2.45, 2.75) is 13.3 Å². The number of aromatic nitrogens is 2. The van der Waals surface area contributed by atoms with Crippen LogP contribution in [0.2, 0.25) is 0 Å². The van der Waals surface area contributed by atoms with Gasteiger partial charge in [-0.1, -0.05) is 30.3 Å². The van der Waals surface area contributed by atoms with E-state index in [1.165, 1.54) is 18.5 Å². The zero-order valence-electron chi connectivity index (χ0n) is 15.5. The molecule has 0 bridgehead atoms. The molecule has 1 aromatic heterocycles. The quantitative estimate of drug-likeness (QED) is 0.619. The molecule has 1 heterocycles. The predicted molar refractivity (Wildman–Crippen MR) is 106 cm³/mol. The lowest BCUT2D eigenvalue weighted by atomic mass is 10.1. The summed E-state index contributed by atoms with van der Waals surface area (Å²) in [6, 6.07) is 13.8. The molecule has 0 saturated carbocycles. The van der Waals surface area contributed by atoms with E-state index in [2.05, 4.69) is 20.6 Å². The number of benzene rings is 2. The summed E-state index contributed by atoms with van der Waals surface area (Å²) >= 11 is 0. The van der Waals surface area contributed by atoms with Crippen molar-refractivity contribution in [3.63, 3.8) is 0 Å². The molecule has 0 aliphatic rings. The Labute approximate surface area is 162 Å². The molecule has 6 nitrogen and oxygen atoms in total. The van der Waals surface area contributed by atoms with Crippen molar-refractivity contribution < 1.29 is 13.9 Å². The molecule has 144 valence electrons. The van der Waals surface area contributed by atoms with Crippen molar-refractivity contribution in [3.05, 3.63) is 77.9 Å². The summed E-state index contributed by atoms with van der Waals surface area (Å²) in [5.41, 5.74) is 1.53. The number of ether oxygens (including phenoxy) is 1. The Kier molecular flexibility index (Phi) is 6.51. The summed E-state index contributed by atoms with van der Waals surface area (Å²) in [4.78, 5) is 20.7. The number of rotatable bonds is 8. The molecule has 3 rings (SSSR count). The van der Waals surface area contributed by atoms with Gasteiger partial charge in [0, 0.05) is 18.9 Å².